The number of anilines is 1. The van der Waals surface area contributed by atoms with E-state index in [-0.39, 0.29) is 12.4 Å². The number of esters is 1. The molecule has 3 N–H and O–H groups in total. The second-order valence-electron chi connectivity index (χ2n) is 3.83. The summed E-state index contributed by atoms with van der Waals surface area (Å²) in [7, 11) is 0. The van der Waals surface area contributed by atoms with Crippen molar-refractivity contribution in [3.63, 3.8) is 0 Å². The summed E-state index contributed by atoms with van der Waals surface area (Å²) in [6.07, 6.45) is 0. The van der Waals surface area contributed by atoms with Gasteiger partial charge in [-0.05, 0) is 26.0 Å². The van der Waals surface area contributed by atoms with E-state index in [0.29, 0.717) is 12.2 Å². The van der Waals surface area contributed by atoms with Crippen molar-refractivity contribution in [3.8, 4) is 5.75 Å². The van der Waals surface area contributed by atoms with Crippen LogP contribution in [0.5, 0.6) is 5.75 Å². The number of carbonyl (C=O) groups excluding carboxylic acids is 2. The van der Waals surface area contributed by atoms with Gasteiger partial charge >= 0.3 is 5.97 Å². The molecule has 0 radical (unpaired) electrons. The second kappa shape index (κ2) is 6.75. The molecule has 0 bridgehead atoms. The molecule has 104 valence electrons. The predicted octanol–water partition coefficient (Wildman–Crippen LogP) is 0.636. The monoisotopic (exact) mass is 266 g/mol. The summed E-state index contributed by atoms with van der Waals surface area (Å²) >= 11 is 0. The van der Waals surface area contributed by atoms with Gasteiger partial charge in [-0.15, -0.1) is 0 Å². The molecule has 0 aliphatic carbocycles. The minimum absolute atomic E-state index is 0.0356. The maximum absolute atomic E-state index is 12.1. The molecule has 0 aromatic heterocycles. The number of rotatable bonds is 5. The zero-order valence-corrected chi connectivity index (χ0v) is 11.0. The fourth-order valence-corrected chi connectivity index (χ4v) is 1.63. The van der Waals surface area contributed by atoms with E-state index in [9.17, 15) is 14.7 Å². The first-order valence-corrected chi connectivity index (χ1v) is 6.03. The van der Waals surface area contributed by atoms with Crippen molar-refractivity contribution in [3.05, 3.63) is 24.3 Å². The quantitative estimate of drug-likeness (QED) is 0.602. The number of hydrogen-bond acceptors (Lipinski definition) is 5. The molecule has 0 saturated carbocycles. The van der Waals surface area contributed by atoms with Crippen molar-refractivity contribution in [2.24, 2.45) is 5.73 Å². The average molecular weight is 266 g/mol. The fourth-order valence-electron chi connectivity index (χ4n) is 1.63. The number of benzene rings is 1. The lowest BCUT2D eigenvalue weighted by Gasteiger charge is -2.23. The molecule has 0 aliphatic heterocycles. The first-order chi connectivity index (χ1) is 9.01. The van der Waals surface area contributed by atoms with E-state index in [2.05, 4.69) is 0 Å². The number of phenols is 1. The molecule has 0 fully saturated rings. The van der Waals surface area contributed by atoms with Crippen LogP contribution in [-0.4, -0.2) is 36.2 Å². The number of nitrogens with zero attached hydrogens (tertiary/aromatic N) is 1. The number of carbonyl (C=O) groups is 2. The molecular weight excluding hydrogens is 248 g/mol. The van der Waals surface area contributed by atoms with Gasteiger partial charge in [0.2, 0.25) is 0 Å². The van der Waals surface area contributed by atoms with Gasteiger partial charge in [-0.2, -0.15) is 0 Å². The fraction of sp³-hybridized carbons (Fsp3) is 0.385. The van der Waals surface area contributed by atoms with Gasteiger partial charge in [-0.3, -0.25) is 4.79 Å². The van der Waals surface area contributed by atoms with Gasteiger partial charge in [0.05, 0.1) is 6.61 Å². The summed E-state index contributed by atoms with van der Waals surface area (Å²) < 4.78 is 4.72. The van der Waals surface area contributed by atoms with E-state index in [1.54, 1.807) is 26.0 Å². The lowest BCUT2D eigenvalue weighted by molar-refractivity contribution is -0.147. The van der Waals surface area contributed by atoms with Gasteiger partial charge in [0.1, 0.15) is 5.75 Å². The summed E-state index contributed by atoms with van der Waals surface area (Å²) in [5.41, 5.74) is 6.05. The molecule has 1 aromatic rings. The number of nitrogens with two attached hydrogens (primary N) is 1. The molecule has 0 aliphatic rings. The van der Waals surface area contributed by atoms with Crippen LogP contribution >= 0.6 is 0 Å². The van der Waals surface area contributed by atoms with Crippen LogP contribution in [0.3, 0.4) is 0 Å². The van der Waals surface area contributed by atoms with Crippen LogP contribution in [0.2, 0.25) is 0 Å². The summed E-state index contributed by atoms with van der Waals surface area (Å²) in [5, 5.41) is 9.41. The van der Waals surface area contributed by atoms with E-state index < -0.39 is 17.9 Å². The number of phenolic OH excluding ortho intramolecular Hbond substituents is 1. The second-order valence-corrected chi connectivity index (χ2v) is 3.83. The molecule has 1 aromatic carbocycles. The summed E-state index contributed by atoms with van der Waals surface area (Å²) in [6, 6.07) is 4.82. The first kappa shape index (κ1) is 15.0. The molecular formula is C13H18N2O4. The lowest BCUT2D eigenvalue weighted by atomic mass is 10.2. The van der Waals surface area contributed by atoms with Crippen LogP contribution in [0.25, 0.3) is 0 Å². The lowest BCUT2D eigenvalue weighted by Crippen LogP contribution is -2.49. The topological polar surface area (TPSA) is 92.9 Å². The Balaban J connectivity index is 2.91. The molecule has 1 rings (SSSR count). The Kier molecular flexibility index (Phi) is 5.32. The molecule has 0 spiro atoms. The number of hydrogen-bond donors (Lipinski definition) is 2. The molecule has 0 heterocycles. The van der Waals surface area contributed by atoms with Crippen LogP contribution in [-0.2, 0) is 14.3 Å². The van der Waals surface area contributed by atoms with Crippen molar-refractivity contribution >= 4 is 17.6 Å². The van der Waals surface area contributed by atoms with Crippen molar-refractivity contribution in [1.82, 2.24) is 0 Å². The highest BCUT2D eigenvalue weighted by Gasteiger charge is 2.28. The van der Waals surface area contributed by atoms with E-state index in [4.69, 9.17) is 10.5 Å². The Morgan fingerprint density at radius 1 is 1.42 bits per heavy atom. The van der Waals surface area contributed by atoms with Gasteiger partial charge < -0.3 is 20.5 Å². The highest BCUT2D eigenvalue weighted by Crippen LogP contribution is 2.20. The van der Waals surface area contributed by atoms with Gasteiger partial charge in [0.15, 0.2) is 6.04 Å². The number of amides is 1. The van der Waals surface area contributed by atoms with E-state index >= 15 is 0 Å². The van der Waals surface area contributed by atoms with Gasteiger partial charge in [0, 0.05) is 18.3 Å². The first-order valence-electron chi connectivity index (χ1n) is 6.03. The maximum Gasteiger partial charge on any atom is 0.332 e. The van der Waals surface area contributed by atoms with Crippen LogP contribution in [0.15, 0.2) is 24.3 Å². The predicted molar refractivity (Wildman–Crippen MR) is 70.7 cm³/mol. The third-order valence-corrected chi connectivity index (χ3v) is 2.53. The molecule has 1 unspecified atom stereocenters. The van der Waals surface area contributed by atoms with Crippen molar-refractivity contribution in [2.75, 3.05) is 18.1 Å². The largest absolute Gasteiger partial charge is 0.508 e. The van der Waals surface area contributed by atoms with Crippen molar-refractivity contribution in [1.29, 1.82) is 0 Å². The Bertz CT molecular complexity index is 462. The van der Waals surface area contributed by atoms with Crippen LogP contribution in [0, 0.1) is 0 Å². The molecule has 6 heteroatoms. The van der Waals surface area contributed by atoms with E-state index in [1.165, 1.54) is 17.0 Å². The van der Waals surface area contributed by atoms with Crippen LogP contribution in [0.1, 0.15) is 13.8 Å². The standard InChI is InChI=1S/C13H18N2O4/c1-3-15(9-6-5-7-10(16)8-9)12(17)11(14)13(18)19-4-2/h5-8,11,16H,3-4,14H2,1-2H3. The maximum atomic E-state index is 12.1. The van der Waals surface area contributed by atoms with Gasteiger partial charge in [-0.1, -0.05) is 6.07 Å². The molecule has 1 atom stereocenters. The molecule has 0 saturated heterocycles. The van der Waals surface area contributed by atoms with E-state index in [1.807, 2.05) is 0 Å². The average Bonchev–Trinajstić information content (AvgIpc) is 2.39. The molecule has 19 heavy (non-hydrogen) atoms. The van der Waals surface area contributed by atoms with Gasteiger partial charge in [-0.25, -0.2) is 4.79 Å². The van der Waals surface area contributed by atoms with Crippen LogP contribution in [0.4, 0.5) is 5.69 Å². The van der Waals surface area contributed by atoms with E-state index in [0.717, 1.165) is 0 Å². The Morgan fingerprint density at radius 3 is 2.63 bits per heavy atom. The minimum atomic E-state index is -1.36. The number of ether oxygens (including phenoxy) is 1. The summed E-state index contributed by atoms with van der Waals surface area (Å²) in [5.74, 6) is -1.29. The van der Waals surface area contributed by atoms with Crippen molar-refractivity contribution in [2.45, 2.75) is 19.9 Å². The van der Waals surface area contributed by atoms with Crippen molar-refractivity contribution < 1.29 is 19.4 Å². The number of likely N-dealkylation sites (N-methyl/N-ethyl adjacent to an activating group) is 1. The molecule has 6 nitrogen and oxygen atoms in total. The Morgan fingerprint density at radius 2 is 2.11 bits per heavy atom. The smallest absolute Gasteiger partial charge is 0.332 e. The van der Waals surface area contributed by atoms with Gasteiger partial charge in [0.25, 0.3) is 5.91 Å². The Labute approximate surface area is 111 Å². The minimum Gasteiger partial charge on any atom is -0.508 e. The SMILES string of the molecule is CCOC(=O)C(N)C(=O)N(CC)c1cccc(O)c1. The zero-order chi connectivity index (χ0) is 14.4. The summed E-state index contributed by atoms with van der Waals surface area (Å²) in [6.45, 7) is 3.88. The van der Waals surface area contributed by atoms with Crippen LogP contribution < -0.4 is 10.6 Å². The highest BCUT2D eigenvalue weighted by molar-refractivity contribution is 6.09. The summed E-state index contributed by atoms with van der Waals surface area (Å²) in [4.78, 5) is 24.9. The number of aromatic hydroxyl groups is 1. The normalized spacial score (nSPS) is 11.7. The third-order valence-electron chi connectivity index (χ3n) is 2.53. The third kappa shape index (κ3) is 3.69. The highest BCUT2D eigenvalue weighted by atomic mass is 16.5. The Hall–Kier alpha value is -2.08. The molecule has 1 amide bonds. The zero-order valence-electron chi connectivity index (χ0n) is 11.0.